The zero-order valence-electron chi connectivity index (χ0n) is 12.9. The van der Waals surface area contributed by atoms with Crippen molar-refractivity contribution < 1.29 is 18.0 Å². The second-order valence-electron chi connectivity index (χ2n) is 5.32. The molecule has 0 aliphatic heterocycles. The van der Waals surface area contributed by atoms with Gasteiger partial charge in [-0.25, -0.2) is 0 Å². The van der Waals surface area contributed by atoms with Gasteiger partial charge in [-0.15, -0.1) is 0 Å². The van der Waals surface area contributed by atoms with Crippen LogP contribution in [0.25, 0.3) is 0 Å². The maximum Gasteiger partial charge on any atom is 0.406 e. The largest absolute Gasteiger partial charge is 0.406 e. The van der Waals surface area contributed by atoms with Crippen molar-refractivity contribution in [3.05, 3.63) is 0 Å². The summed E-state index contributed by atoms with van der Waals surface area (Å²) in [5.74, 6) is -0.401. The van der Waals surface area contributed by atoms with Crippen LogP contribution in [0.1, 0.15) is 53.4 Å². The quantitative estimate of drug-likeness (QED) is 0.662. The molecule has 0 saturated carbocycles. The van der Waals surface area contributed by atoms with Gasteiger partial charge < -0.3 is 10.2 Å². The molecule has 0 spiro atoms. The van der Waals surface area contributed by atoms with E-state index in [0.29, 0.717) is 31.8 Å². The molecule has 0 aromatic carbocycles. The number of hydrogen-bond donors (Lipinski definition) is 1. The van der Waals surface area contributed by atoms with Crippen LogP contribution in [-0.2, 0) is 4.79 Å². The van der Waals surface area contributed by atoms with Crippen molar-refractivity contribution in [3.8, 4) is 0 Å². The van der Waals surface area contributed by atoms with Crippen molar-refractivity contribution in [2.24, 2.45) is 0 Å². The van der Waals surface area contributed by atoms with Gasteiger partial charge in [-0.05, 0) is 25.8 Å². The van der Waals surface area contributed by atoms with E-state index in [-0.39, 0.29) is 12.5 Å². The first-order valence-electron chi connectivity index (χ1n) is 7.30. The second kappa shape index (κ2) is 9.21. The summed E-state index contributed by atoms with van der Waals surface area (Å²) in [5.41, 5.74) is 0. The number of rotatable bonds is 9. The van der Waals surface area contributed by atoms with E-state index in [0.717, 1.165) is 4.90 Å². The van der Waals surface area contributed by atoms with Gasteiger partial charge in [0, 0.05) is 18.5 Å². The predicted octanol–water partition coefficient (Wildman–Crippen LogP) is 3.34. The SMILES string of the molecule is CCC(CC)N(CC(F)(F)F)C(=O)CCCNC(C)C. The number of amides is 1. The van der Waals surface area contributed by atoms with E-state index in [9.17, 15) is 18.0 Å². The molecular weight excluding hydrogens is 269 g/mol. The Kier molecular flexibility index (Phi) is 8.85. The first kappa shape index (κ1) is 19.2. The van der Waals surface area contributed by atoms with Crippen molar-refractivity contribution in [3.63, 3.8) is 0 Å². The van der Waals surface area contributed by atoms with Crippen LogP contribution in [-0.4, -0.2) is 42.2 Å². The molecule has 0 atom stereocenters. The highest BCUT2D eigenvalue weighted by atomic mass is 19.4. The molecule has 3 nitrogen and oxygen atoms in total. The Balaban J connectivity index is 4.48. The van der Waals surface area contributed by atoms with Crippen molar-refractivity contribution in [2.75, 3.05) is 13.1 Å². The Morgan fingerprint density at radius 1 is 1.20 bits per heavy atom. The average molecular weight is 296 g/mol. The summed E-state index contributed by atoms with van der Waals surface area (Å²) in [7, 11) is 0. The molecule has 1 N–H and O–H groups in total. The number of carbonyl (C=O) groups is 1. The minimum Gasteiger partial charge on any atom is -0.331 e. The van der Waals surface area contributed by atoms with Crippen LogP contribution in [0.5, 0.6) is 0 Å². The predicted molar refractivity (Wildman–Crippen MR) is 74.5 cm³/mol. The number of alkyl halides is 3. The highest BCUT2D eigenvalue weighted by Gasteiger charge is 2.35. The Labute approximate surface area is 119 Å². The summed E-state index contributed by atoms with van der Waals surface area (Å²) in [6.07, 6.45) is -2.53. The molecule has 0 aromatic heterocycles. The second-order valence-corrected chi connectivity index (χ2v) is 5.32. The highest BCUT2D eigenvalue weighted by Crippen LogP contribution is 2.21. The molecule has 0 aliphatic carbocycles. The lowest BCUT2D eigenvalue weighted by Crippen LogP contribution is -2.45. The molecule has 6 heteroatoms. The van der Waals surface area contributed by atoms with E-state index in [4.69, 9.17) is 0 Å². The molecule has 0 aliphatic rings. The van der Waals surface area contributed by atoms with Gasteiger partial charge >= 0.3 is 6.18 Å². The molecule has 20 heavy (non-hydrogen) atoms. The third kappa shape index (κ3) is 8.40. The van der Waals surface area contributed by atoms with Gasteiger partial charge in [0.2, 0.25) is 5.91 Å². The number of nitrogens with zero attached hydrogens (tertiary/aromatic N) is 1. The first-order chi connectivity index (χ1) is 9.21. The lowest BCUT2D eigenvalue weighted by atomic mass is 10.1. The molecule has 0 aromatic rings. The van der Waals surface area contributed by atoms with Gasteiger partial charge in [-0.2, -0.15) is 13.2 Å². The van der Waals surface area contributed by atoms with E-state index < -0.39 is 18.6 Å². The Morgan fingerprint density at radius 3 is 2.15 bits per heavy atom. The van der Waals surface area contributed by atoms with Crippen molar-refractivity contribution in [1.29, 1.82) is 0 Å². The summed E-state index contributed by atoms with van der Waals surface area (Å²) in [4.78, 5) is 13.0. The van der Waals surface area contributed by atoms with Crippen LogP contribution in [0.2, 0.25) is 0 Å². The molecule has 0 unspecified atom stereocenters. The number of carbonyl (C=O) groups excluding carboxylic acids is 1. The van der Waals surface area contributed by atoms with Gasteiger partial charge in [0.05, 0.1) is 0 Å². The average Bonchev–Trinajstić information content (AvgIpc) is 2.33. The van der Waals surface area contributed by atoms with Gasteiger partial charge in [0.15, 0.2) is 0 Å². The molecule has 0 radical (unpaired) electrons. The van der Waals surface area contributed by atoms with Crippen molar-refractivity contribution in [1.82, 2.24) is 10.2 Å². The van der Waals surface area contributed by atoms with E-state index >= 15 is 0 Å². The number of nitrogens with one attached hydrogen (secondary N) is 1. The fourth-order valence-corrected chi connectivity index (χ4v) is 2.12. The van der Waals surface area contributed by atoms with Crippen LogP contribution in [0, 0.1) is 0 Å². The maximum absolute atomic E-state index is 12.6. The Morgan fingerprint density at radius 2 is 1.75 bits per heavy atom. The lowest BCUT2D eigenvalue weighted by molar-refractivity contribution is -0.166. The van der Waals surface area contributed by atoms with E-state index in [2.05, 4.69) is 5.32 Å². The van der Waals surface area contributed by atoms with Crippen LogP contribution in [0.4, 0.5) is 13.2 Å². The van der Waals surface area contributed by atoms with Gasteiger partial charge in [-0.1, -0.05) is 27.7 Å². The molecular formula is C14H27F3N2O. The van der Waals surface area contributed by atoms with E-state index in [1.54, 1.807) is 0 Å². The molecule has 0 fully saturated rings. The fraction of sp³-hybridized carbons (Fsp3) is 0.929. The molecule has 0 saturated heterocycles. The smallest absolute Gasteiger partial charge is 0.331 e. The standard InChI is InChI=1S/C14H27F3N2O/c1-5-12(6-2)19(10-14(15,16)17)13(20)8-7-9-18-11(3)4/h11-12,18H,5-10H2,1-4H3. The Hall–Kier alpha value is -0.780. The molecule has 0 rings (SSSR count). The van der Waals surface area contributed by atoms with E-state index in [1.165, 1.54) is 0 Å². The van der Waals surface area contributed by atoms with E-state index in [1.807, 2.05) is 27.7 Å². The summed E-state index contributed by atoms with van der Waals surface area (Å²) in [5, 5.41) is 3.15. The fourth-order valence-electron chi connectivity index (χ4n) is 2.12. The number of hydrogen-bond acceptors (Lipinski definition) is 2. The highest BCUT2D eigenvalue weighted by molar-refractivity contribution is 5.76. The van der Waals surface area contributed by atoms with Gasteiger partial charge in [0.1, 0.15) is 6.54 Å². The summed E-state index contributed by atoms with van der Waals surface area (Å²) in [6, 6.07) is -0.0161. The van der Waals surface area contributed by atoms with Crippen molar-refractivity contribution in [2.45, 2.75) is 71.6 Å². The monoisotopic (exact) mass is 296 g/mol. The zero-order valence-corrected chi connectivity index (χ0v) is 12.9. The topological polar surface area (TPSA) is 32.3 Å². The zero-order chi connectivity index (χ0) is 15.8. The Bertz CT molecular complexity index is 276. The third-order valence-electron chi connectivity index (χ3n) is 3.17. The normalized spacial score (nSPS) is 12.2. The molecule has 120 valence electrons. The third-order valence-corrected chi connectivity index (χ3v) is 3.17. The maximum atomic E-state index is 12.6. The molecule has 1 amide bonds. The van der Waals surface area contributed by atoms with Crippen LogP contribution >= 0.6 is 0 Å². The van der Waals surface area contributed by atoms with Gasteiger partial charge in [0.25, 0.3) is 0 Å². The minimum atomic E-state index is -4.34. The summed E-state index contributed by atoms with van der Waals surface area (Å²) >= 11 is 0. The lowest BCUT2D eigenvalue weighted by Gasteiger charge is -2.31. The first-order valence-corrected chi connectivity index (χ1v) is 7.30. The molecule has 0 bridgehead atoms. The summed E-state index contributed by atoms with van der Waals surface area (Å²) < 4.78 is 37.8. The minimum absolute atomic E-state index is 0.159. The number of halogens is 3. The summed E-state index contributed by atoms with van der Waals surface area (Å²) in [6.45, 7) is 7.10. The van der Waals surface area contributed by atoms with Crippen LogP contribution in [0.3, 0.4) is 0 Å². The van der Waals surface area contributed by atoms with Gasteiger partial charge in [-0.3, -0.25) is 4.79 Å². The van der Waals surface area contributed by atoms with Crippen molar-refractivity contribution >= 4 is 5.91 Å². The van der Waals surface area contributed by atoms with Crippen LogP contribution < -0.4 is 5.32 Å². The molecule has 0 heterocycles. The van der Waals surface area contributed by atoms with Crippen LogP contribution in [0.15, 0.2) is 0 Å².